The van der Waals surface area contributed by atoms with Gasteiger partial charge in [0.1, 0.15) is 28.9 Å². The minimum atomic E-state index is -0.305. The van der Waals surface area contributed by atoms with Crippen LogP contribution in [0.2, 0.25) is 5.15 Å². The number of nitrogens with zero attached hydrogens (tertiary/aromatic N) is 2. The van der Waals surface area contributed by atoms with Gasteiger partial charge < -0.3 is 11.1 Å². The third-order valence-corrected chi connectivity index (χ3v) is 2.79. The molecule has 7 heteroatoms. The molecule has 0 radical (unpaired) electrons. The highest BCUT2D eigenvalue weighted by Gasteiger charge is 1.98. The monoisotopic (exact) mass is 364 g/mol. The Morgan fingerprint density at radius 3 is 2.08 bits per heavy atom. The molecular formula is C18H19ClF2N4. The molecule has 1 heterocycles. The fraction of sp³-hybridized carbons (Fsp3) is 0.111. The van der Waals surface area contributed by atoms with Gasteiger partial charge in [-0.15, -0.1) is 0 Å². The molecule has 1 aromatic heterocycles. The number of rotatable bonds is 2. The fourth-order valence-corrected chi connectivity index (χ4v) is 1.77. The normalized spacial score (nSPS) is 9.16. The highest BCUT2D eigenvalue weighted by atomic mass is 35.5. The van der Waals surface area contributed by atoms with Crippen molar-refractivity contribution < 1.29 is 8.78 Å². The molecule has 0 aliphatic heterocycles. The Hall–Kier alpha value is -2.73. The van der Waals surface area contributed by atoms with Crippen LogP contribution in [0.4, 0.5) is 26.0 Å². The van der Waals surface area contributed by atoms with Gasteiger partial charge in [-0.1, -0.05) is 37.6 Å². The summed E-state index contributed by atoms with van der Waals surface area (Å²) in [6, 6.07) is 13.5. The summed E-state index contributed by atoms with van der Waals surface area (Å²) in [7, 11) is 0. The average molecular weight is 365 g/mol. The number of anilines is 3. The minimum absolute atomic E-state index is 0.287. The molecule has 3 rings (SSSR count). The molecule has 0 saturated heterocycles. The first-order valence-corrected chi connectivity index (χ1v) is 7.92. The molecule has 0 bridgehead atoms. The van der Waals surface area contributed by atoms with Gasteiger partial charge in [0.25, 0.3) is 0 Å². The predicted octanol–water partition coefficient (Wildman–Crippen LogP) is 5.45. The van der Waals surface area contributed by atoms with E-state index in [9.17, 15) is 8.78 Å². The zero-order chi connectivity index (χ0) is 18.7. The van der Waals surface area contributed by atoms with Gasteiger partial charge in [0.05, 0.1) is 0 Å². The van der Waals surface area contributed by atoms with Gasteiger partial charge in [0.15, 0.2) is 0 Å². The molecule has 4 nitrogen and oxygen atoms in total. The van der Waals surface area contributed by atoms with E-state index in [0.717, 1.165) is 0 Å². The molecule has 0 amide bonds. The second-order valence-electron chi connectivity index (χ2n) is 4.42. The quantitative estimate of drug-likeness (QED) is 0.469. The topological polar surface area (TPSA) is 63.8 Å². The summed E-state index contributed by atoms with van der Waals surface area (Å²) in [4.78, 5) is 7.67. The molecule has 3 N–H and O–H groups in total. The van der Waals surface area contributed by atoms with E-state index in [1.54, 1.807) is 30.3 Å². The van der Waals surface area contributed by atoms with E-state index < -0.39 is 0 Å². The van der Waals surface area contributed by atoms with Crippen molar-refractivity contribution in [3.05, 3.63) is 77.7 Å². The van der Waals surface area contributed by atoms with Crippen LogP contribution >= 0.6 is 11.6 Å². The van der Waals surface area contributed by atoms with Crippen molar-refractivity contribution in [1.82, 2.24) is 9.97 Å². The van der Waals surface area contributed by atoms with Crippen LogP contribution in [0.5, 0.6) is 0 Å². The molecule has 0 aliphatic carbocycles. The third kappa shape index (κ3) is 8.08. The SMILES string of the molecule is CC.Fc1cccc(Nc2cc(Cl)ncn2)c1.Nc1cccc(F)c1. The van der Waals surface area contributed by atoms with Crippen molar-refractivity contribution in [2.45, 2.75) is 13.8 Å². The maximum Gasteiger partial charge on any atom is 0.135 e. The van der Waals surface area contributed by atoms with Gasteiger partial charge in [0.2, 0.25) is 0 Å². The van der Waals surface area contributed by atoms with E-state index in [1.807, 2.05) is 13.8 Å². The smallest absolute Gasteiger partial charge is 0.135 e. The van der Waals surface area contributed by atoms with Gasteiger partial charge in [-0.3, -0.25) is 0 Å². The standard InChI is InChI=1S/C10H7ClFN3.C6H6FN.C2H6/c11-9-5-10(14-6-13-9)15-8-3-1-2-7(12)4-8;7-5-2-1-3-6(8)4-5;1-2/h1-6H,(H,13,14,15);1-4H,8H2;1-2H3. The highest BCUT2D eigenvalue weighted by Crippen LogP contribution is 2.16. The van der Waals surface area contributed by atoms with Crippen LogP contribution in [-0.2, 0) is 0 Å². The number of nitrogens with two attached hydrogens (primary N) is 1. The molecule has 132 valence electrons. The van der Waals surface area contributed by atoms with Crippen molar-refractivity contribution in [3.63, 3.8) is 0 Å². The van der Waals surface area contributed by atoms with Crippen LogP contribution in [0.15, 0.2) is 60.9 Å². The zero-order valence-electron chi connectivity index (χ0n) is 13.9. The summed E-state index contributed by atoms with van der Waals surface area (Å²) in [6.45, 7) is 4.00. The second-order valence-corrected chi connectivity index (χ2v) is 4.80. The minimum Gasteiger partial charge on any atom is -0.399 e. The number of nitrogen functional groups attached to an aromatic ring is 1. The number of aromatic nitrogens is 2. The molecule has 0 fully saturated rings. The van der Waals surface area contributed by atoms with Crippen molar-refractivity contribution >= 4 is 28.8 Å². The summed E-state index contributed by atoms with van der Waals surface area (Å²) in [5.41, 5.74) is 6.30. The number of halogens is 3. The largest absolute Gasteiger partial charge is 0.399 e. The Balaban J connectivity index is 0.000000264. The van der Waals surface area contributed by atoms with Crippen molar-refractivity contribution in [1.29, 1.82) is 0 Å². The van der Waals surface area contributed by atoms with Crippen LogP contribution in [0.25, 0.3) is 0 Å². The highest BCUT2D eigenvalue weighted by molar-refractivity contribution is 6.29. The van der Waals surface area contributed by atoms with E-state index in [0.29, 0.717) is 22.3 Å². The Bertz CT molecular complexity index is 724. The molecule has 0 atom stereocenters. The summed E-state index contributed by atoms with van der Waals surface area (Å²) < 4.78 is 24.9. The third-order valence-electron chi connectivity index (χ3n) is 2.58. The Kier molecular flexibility index (Phi) is 8.89. The molecule has 0 aliphatic rings. The number of hydrogen-bond donors (Lipinski definition) is 2. The fourth-order valence-electron chi connectivity index (χ4n) is 1.62. The Labute approximate surface area is 150 Å². The Morgan fingerprint density at radius 1 is 0.920 bits per heavy atom. The molecule has 3 aromatic rings. The lowest BCUT2D eigenvalue weighted by Crippen LogP contribution is -1.94. The molecular weight excluding hydrogens is 346 g/mol. The van der Waals surface area contributed by atoms with Crippen LogP contribution in [-0.4, -0.2) is 9.97 Å². The maximum atomic E-state index is 12.9. The lowest BCUT2D eigenvalue weighted by molar-refractivity contribution is 0.628. The lowest BCUT2D eigenvalue weighted by atomic mass is 10.3. The molecule has 25 heavy (non-hydrogen) atoms. The van der Waals surface area contributed by atoms with Gasteiger partial charge in [-0.2, -0.15) is 0 Å². The molecule has 0 unspecified atom stereocenters. The van der Waals surface area contributed by atoms with Crippen LogP contribution in [0, 0.1) is 11.6 Å². The van der Waals surface area contributed by atoms with Crippen LogP contribution in [0.1, 0.15) is 13.8 Å². The summed E-state index contributed by atoms with van der Waals surface area (Å²) in [5.74, 6) is -0.0641. The van der Waals surface area contributed by atoms with Crippen LogP contribution < -0.4 is 11.1 Å². The molecule has 0 saturated carbocycles. The number of nitrogens with one attached hydrogen (secondary N) is 1. The Morgan fingerprint density at radius 2 is 1.56 bits per heavy atom. The summed E-state index contributed by atoms with van der Waals surface area (Å²) in [6.07, 6.45) is 1.34. The van der Waals surface area contributed by atoms with Gasteiger partial charge in [-0.05, 0) is 36.4 Å². The zero-order valence-corrected chi connectivity index (χ0v) is 14.6. The average Bonchev–Trinajstić information content (AvgIpc) is 2.57. The first-order valence-electron chi connectivity index (χ1n) is 7.54. The van der Waals surface area contributed by atoms with Crippen molar-refractivity contribution in [2.24, 2.45) is 0 Å². The van der Waals surface area contributed by atoms with Gasteiger partial charge in [0, 0.05) is 17.4 Å². The van der Waals surface area contributed by atoms with E-state index in [1.165, 1.54) is 30.6 Å². The van der Waals surface area contributed by atoms with E-state index in [-0.39, 0.29) is 11.6 Å². The van der Waals surface area contributed by atoms with Gasteiger partial charge >= 0.3 is 0 Å². The molecule has 0 spiro atoms. The summed E-state index contributed by atoms with van der Waals surface area (Å²) >= 11 is 5.68. The van der Waals surface area contributed by atoms with Gasteiger partial charge in [-0.25, -0.2) is 18.7 Å². The predicted molar refractivity (Wildman–Crippen MR) is 98.9 cm³/mol. The first-order chi connectivity index (χ1) is 12.0. The van der Waals surface area contributed by atoms with Crippen LogP contribution in [0.3, 0.4) is 0 Å². The van der Waals surface area contributed by atoms with E-state index >= 15 is 0 Å². The second kappa shape index (κ2) is 10.9. The summed E-state index contributed by atoms with van der Waals surface area (Å²) in [5, 5.41) is 3.25. The first kappa shape index (κ1) is 20.3. The van der Waals surface area contributed by atoms with Crippen molar-refractivity contribution in [3.8, 4) is 0 Å². The van der Waals surface area contributed by atoms with Crippen molar-refractivity contribution in [2.75, 3.05) is 11.1 Å². The lowest BCUT2D eigenvalue weighted by Gasteiger charge is -2.04. The van der Waals surface area contributed by atoms with E-state index in [2.05, 4.69) is 15.3 Å². The number of benzene rings is 2. The number of hydrogen-bond acceptors (Lipinski definition) is 4. The maximum absolute atomic E-state index is 12.9. The van der Waals surface area contributed by atoms with E-state index in [4.69, 9.17) is 17.3 Å². The molecule has 2 aromatic carbocycles.